The Morgan fingerprint density at radius 1 is 1.33 bits per heavy atom. The molecule has 0 amide bonds. The third-order valence-corrected chi connectivity index (χ3v) is 6.16. The van der Waals surface area contributed by atoms with Gasteiger partial charge in [-0.25, -0.2) is 0 Å². The summed E-state index contributed by atoms with van der Waals surface area (Å²) in [6, 6.07) is 8.17. The largest absolute Gasteiger partial charge is 0.496 e. The predicted octanol–water partition coefficient (Wildman–Crippen LogP) is 5.97. The molecule has 5 heteroatoms. The summed E-state index contributed by atoms with van der Waals surface area (Å²) in [5.74, 6) is 0.832. The summed E-state index contributed by atoms with van der Waals surface area (Å²) in [6.45, 7) is 2.02. The van der Waals surface area contributed by atoms with Crippen LogP contribution in [0.4, 0.5) is 0 Å². The van der Waals surface area contributed by atoms with Gasteiger partial charge in [-0.05, 0) is 52.2 Å². The van der Waals surface area contributed by atoms with Crippen LogP contribution in [0.15, 0.2) is 28.7 Å². The van der Waals surface area contributed by atoms with Crippen molar-refractivity contribution in [3.8, 4) is 5.75 Å². The molecule has 0 fully saturated rings. The maximum Gasteiger partial charge on any atom is 0.133 e. The Morgan fingerprint density at radius 3 is 2.56 bits per heavy atom. The van der Waals surface area contributed by atoms with E-state index in [0.717, 1.165) is 20.1 Å². The number of benzene rings is 1. The summed E-state index contributed by atoms with van der Waals surface area (Å²) < 4.78 is 7.03. The highest BCUT2D eigenvalue weighted by molar-refractivity contribution is 9.10. The minimum absolute atomic E-state index is 0.149. The van der Waals surface area contributed by atoms with Crippen molar-refractivity contribution < 1.29 is 4.74 Å². The van der Waals surface area contributed by atoms with Crippen LogP contribution in [-0.2, 0) is 0 Å². The highest BCUT2D eigenvalue weighted by atomic mass is 79.9. The van der Waals surface area contributed by atoms with Crippen molar-refractivity contribution in [2.45, 2.75) is 11.8 Å². The van der Waals surface area contributed by atoms with Gasteiger partial charge in [0.1, 0.15) is 5.75 Å². The van der Waals surface area contributed by atoms with E-state index in [1.54, 1.807) is 18.4 Å². The van der Waals surface area contributed by atoms with Crippen LogP contribution in [0.25, 0.3) is 0 Å². The first-order valence-electron chi connectivity index (χ1n) is 5.26. The molecule has 0 N–H and O–H groups in total. The maximum atomic E-state index is 6.11. The lowest BCUT2D eigenvalue weighted by atomic mass is 10.1. The van der Waals surface area contributed by atoms with E-state index in [1.165, 1.54) is 10.4 Å². The molecule has 0 aliphatic carbocycles. The molecular weight excluding hydrogens is 399 g/mol. The number of methoxy groups -OCH3 is 1. The van der Waals surface area contributed by atoms with Crippen LogP contribution in [0.2, 0.25) is 4.34 Å². The SMILES string of the molecule is COc1ccc(C(Br)c2cc(C)c(Cl)s2)cc1Br. The van der Waals surface area contributed by atoms with Gasteiger partial charge in [-0.3, -0.25) is 0 Å². The molecule has 96 valence electrons. The zero-order valence-electron chi connectivity index (χ0n) is 9.84. The monoisotopic (exact) mass is 408 g/mol. The summed E-state index contributed by atoms with van der Waals surface area (Å²) in [7, 11) is 1.66. The minimum atomic E-state index is 0.149. The van der Waals surface area contributed by atoms with Gasteiger partial charge in [0.2, 0.25) is 0 Å². The van der Waals surface area contributed by atoms with Crippen LogP contribution in [0.5, 0.6) is 5.75 Å². The number of halogens is 3. The molecule has 0 spiro atoms. The standard InChI is InChI=1S/C13H11Br2ClOS/c1-7-5-11(18-13(7)16)12(15)8-3-4-10(17-2)9(14)6-8/h3-6,12H,1-2H3. The summed E-state index contributed by atoms with van der Waals surface area (Å²) in [5.41, 5.74) is 2.29. The van der Waals surface area contributed by atoms with Gasteiger partial charge in [0.25, 0.3) is 0 Å². The van der Waals surface area contributed by atoms with Gasteiger partial charge in [0.05, 0.1) is 20.7 Å². The molecule has 0 saturated carbocycles. The molecule has 1 aromatic heterocycles. The molecule has 0 bridgehead atoms. The Morgan fingerprint density at radius 2 is 2.06 bits per heavy atom. The fourth-order valence-electron chi connectivity index (χ4n) is 1.61. The Labute approximate surface area is 132 Å². The summed E-state index contributed by atoms with van der Waals surface area (Å²) in [5, 5.41) is 0. The lowest BCUT2D eigenvalue weighted by molar-refractivity contribution is 0.412. The van der Waals surface area contributed by atoms with E-state index in [-0.39, 0.29) is 4.83 Å². The molecule has 1 unspecified atom stereocenters. The molecule has 0 aliphatic rings. The number of thiophene rings is 1. The van der Waals surface area contributed by atoms with Gasteiger partial charge >= 0.3 is 0 Å². The number of ether oxygens (including phenoxy) is 1. The van der Waals surface area contributed by atoms with Gasteiger partial charge in [0, 0.05) is 4.88 Å². The zero-order valence-corrected chi connectivity index (χ0v) is 14.6. The second-order valence-electron chi connectivity index (χ2n) is 3.86. The fourth-order valence-corrected chi connectivity index (χ4v) is 4.09. The van der Waals surface area contributed by atoms with E-state index in [9.17, 15) is 0 Å². The molecule has 2 rings (SSSR count). The second kappa shape index (κ2) is 5.95. The molecule has 0 saturated heterocycles. The van der Waals surface area contributed by atoms with Crippen LogP contribution in [0.3, 0.4) is 0 Å². The average molecular weight is 411 g/mol. The number of alkyl halides is 1. The van der Waals surface area contributed by atoms with Gasteiger partial charge < -0.3 is 4.74 Å². The first kappa shape index (κ1) is 14.4. The van der Waals surface area contributed by atoms with Crippen molar-refractivity contribution in [1.29, 1.82) is 0 Å². The molecule has 1 heterocycles. The third kappa shape index (κ3) is 2.93. The molecule has 0 radical (unpaired) electrons. The van der Waals surface area contributed by atoms with Gasteiger partial charge in [-0.1, -0.05) is 33.6 Å². The van der Waals surface area contributed by atoms with E-state index < -0.39 is 0 Å². The highest BCUT2D eigenvalue weighted by Crippen LogP contribution is 2.40. The minimum Gasteiger partial charge on any atom is -0.496 e. The first-order valence-corrected chi connectivity index (χ1v) is 8.16. The van der Waals surface area contributed by atoms with Crippen LogP contribution < -0.4 is 4.74 Å². The smallest absolute Gasteiger partial charge is 0.133 e. The number of hydrogen-bond donors (Lipinski definition) is 0. The average Bonchev–Trinajstić information content (AvgIpc) is 2.68. The Hall–Kier alpha value is -0.0300. The highest BCUT2D eigenvalue weighted by Gasteiger charge is 2.15. The van der Waals surface area contributed by atoms with Crippen LogP contribution in [0, 0.1) is 6.92 Å². The molecule has 1 aromatic carbocycles. The van der Waals surface area contributed by atoms with Crippen molar-refractivity contribution in [1.82, 2.24) is 0 Å². The summed E-state index contributed by atoms with van der Waals surface area (Å²) >= 11 is 14.9. The molecule has 18 heavy (non-hydrogen) atoms. The number of hydrogen-bond acceptors (Lipinski definition) is 2. The molecule has 0 aliphatic heterocycles. The van der Waals surface area contributed by atoms with Gasteiger partial charge in [-0.15, -0.1) is 11.3 Å². The Balaban J connectivity index is 2.33. The second-order valence-corrected chi connectivity index (χ2v) is 7.32. The van der Waals surface area contributed by atoms with Crippen molar-refractivity contribution in [3.63, 3.8) is 0 Å². The van der Waals surface area contributed by atoms with E-state index in [2.05, 4.69) is 44.0 Å². The summed E-state index contributed by atoms with van der Waals surface area (Å²) in [4.78, 5) is 1.35. The molecule has 2 aromatic rings. The van der Waals surface area contributed by atoms with Crippen LogP contribution in [-0.4, -0.2) is 7.11 Å². The predicted molar refractivity (Wildman–Crippen MR) is 85.5 cm³/mol. The topological polar surface area (TPSA) is 9.23 Å². The fraction of sp³-hybridized carbons (Fsp3) is 0.231. The zero-order chi connectivity index (χ0) is 13.3. The van der Waals surface area contributed by atoms with Crippen LogP contribution >= 0.6 is 54.8 Å². The van der Waals surface area contributed by atoms with Crippen molar-refractivity contribution in [2.24, 2.45) is 0 Å². The number of aryl methyl sites for hydroxylation is 1. The quantitative estimate of drug-likeness (QED) is 0.567. The van der Waals surface area contributed by atoms with E-state index in [0.29, 0.717) is 0 Å². The Bertz CT molecular complexity index is 549. The summed E-state index contributed by atoms with van der Waals surface area (Å²) in [6.07, 6.45) is 0. The van der Waals surface area contributed by atoms with Crippen LogP contribution in [0.1, 0.15) is 20.8 Å². The van der Waals surface area contributed by atoms with Gasteiger partial charge in [-0.2, -0.15) is 0 Å². The molecule has 1 nitrogen and oxygen atoms in total. The van der Waals surface area contributed by atoms with Gasteiger partial charge in [0.15, 0.2) is 0 Å². The maximum absolute atomic E-state index is 6.11. The Kier molecular flexibility index (Phi) is 4.75. The van der Waals surface area contributed by atoms with Crippen molar-refractivity contribution >= 4 is 54.8 Å². The van der Waals surface area contributed by atoms with E-state index in [4.69, 9.17) is 16.3 Å². The lowest BCUT2D eigenvalue weighted by Gasteiger charge is -2.10. The normalized spacial score (nSPS) is 12.5. The molecule has 1 atom stereocenters. The number of rotatable bonds is 3. The van der Waals surface area contributed by atoms with E-state index in [1.807, 2.05) is 19.1 Å². The lowest BCUT2D eigenvalue weighted by Crippen LogP contribution is -1.91. The van der Waals surface area contributed by atoms with Crippen molar-refractivity contribution in [3.05, 3.63) is 49.1 Å². The first-order chi connectivity index (χ1) is 8.52. The molecular formula is C13H11Br2ClOS. The van der Waals surface area contributed by atoms with Crippen molar-refractivity contribution in [2.75, 3.05) is 7.11 Å². The third-order valence-electron chi connectivity index (χ3n) is 2.59. The van der Waals surface area contributed by atoms with E-state index >= 15 is 0 Å².